The number of hydrogen-bond donors (Lipinski definition) is 1. The van der Waals surface area contributed by atoms with Gasteiger partial charge in [0.05, 0.1) is 5.56 Å². The van der Waals surface area contributed by atoms with E-state index in [1.807, 2.05) is 20.8 Å². The summed E-state index contributed by atoms with van der Waals surface area (Å²) in [5.74, 6) is 0. The predicted octanol–water partition coefficient (Wildman–Crippen LogP) is 3.26. The van der Waals surface area contributed by atoms with Crippen LogP contribution in [0.4, 0.5) is 13.2 Å². The highest BCUT2D eigenvalue weighted by Gasteiger charge is 2.30. The van der Waals surface area contributed by atoms with Gasteiger partial charge in [0.15, 0.2) is 0 Å². The van der Waals surface area contributed by atoms with Crippen LogP contribution in [0.5, 0.6) is 0 Å². The fraction of sp³-hybridized carbons (Fsp3) is 0.571. The van der Waals surface area contributed by atoms with Crippen LogP contribution in [0.1, 0.15) is 31.9 Å². The van der Waals surface area contributed by atoms with Gasteiger partial charge in [0.1, 0.15) is 0 Å². The number of benzene rings is 1. The van der Waals surface area contributed by atoms with Gasteiger partial charge in [-0.05, 0) is 38.1 Å². The van der Waals surface area contributed by atoms with Gasteiger partial charge in [0, 0.05) is 18.6 Å². The largest absolute Gasteiger partial charge is 0.416 e. The molecule has 1 aromatic rings. The highest BCUT2D eigenvalue weighted by Crippen LogP contribution is 2.29. The summed E-state index contributed by atoms with van der Waals surface area (Å²) >= 11 is 0. The van der Waals surface area contributed by atoms with Gasteiger partial charge in [0.25, 0.3) is 0 Å². The van der Waals surface area contributed by atoms with Crippen molar-refractivity contribution < 1.29 is 13.2 Å². The molecule has 0 bridgehead atoms. The molecule has 0 saturated heterocycles. The molecule has 0 unspecified atom stereocenters. The molecule has 0 aliphatic rings. The second-order valence-corrected chi connectivity index (χ2v) is 5.23. The molecule has 5 heteroatoms. The van der Waals surface area contributed by atoms with Gasteiger partial charge < -0.3 is 5.73 Å². The van der Waals surface area contributed by atoms with Crippen LogP contribution in [0.3, 0.4) is 0 Å². The number of likely N-dealkylation sites (N-methyl/N-ethyl adjacent to an activating group) is 1. The average molecular weight is 274 g/mol. The number of nitrogens with two attached hydrogens (primary N) is 1. The zero-order chi connectivity index (χ0) is 14.7. The maximum Gasteiger partial charge on any atom is 0.416 e. The number of alkyl halides is 3. The standard InChI is InChI=1S/C14H21F3N2/c1-4-19(13(2,3)10-18)9-11-5-7-12(8-6-11)14(15,16)17/h5-8H,4,9-10,18H2,1-3H3. The van der Waals surface area contributed by atoms with Crippen LogP contribution in [-0.2, 0) is 12.7 Å². The van der Waals surface area contributed by atoms with Crippen molar-refractivity contribution in [1.82, 2.24) is 4.90 Å². The van der Waals surface area contributed by atoms with Crippen LogP contribution in [0, 0.1) is 0 Å². The van der Waals surface area contributed by atoms with E-state index in [-0.39, 0.29) is 5.54 Å². The van der Waals surface area contributed by atoms with E-state index in [2.05, 4.69) is 4.90 Å². The van der Waals surface area contributed by atoms with E-state index in [0.717, 1.165) is 24.2 Å². The van der Waals surface area contributed by atoms with Gasteiger partial charge in [-0.15, -0.1) is 0 Å². The van der Waals surface area contributed by atoms with Crippen molar-refractivity contribution in [3.05, 3.63) is 35.4 Å². The molecule has 0 saturated carbocycles. The normalized spacial score (nSPS) is 13.1. The van der Waals surface area contributed by atoms with Crippen LogP contribution in [0.2, 0.25) is 0 Å². The third-order valence-electron chi connectivity index (χ3n) is 3.39. The van der Waals surface area contributed by atoms with Crippen LogP contribution >= 0.6 is 0 Å². The summed E-state index contributed by atoms with van der Waals surface area (Å²) < 4.78 is 37.4. The van der Waals surface area contributed by atoms with E-state index in [9.17, 15) is 13.2 Å². The average Bonchev–Trinajstić information content (AvgIpc) is 2.35. The molecule has 108 valence electrons. The third-order valence-corrected chi connectivity index (χ3v) is 3.39. The number of hydrogen-bond acceptors (Lipinski definition) is 2. The minimum absolute atomic E-state index is 0.169. The molecule has 0 radical (unpaired) electrons. The van der Waals surface area contributed by atoms with E-state index < -0.39 is 11.7 Å². The van der Waals surface area contributed by atoms with Gasteiger partial charge in [-0.2, -0.15) is 13.2 Å². The predicted molar refractivity (Wildman–Crippen MR) is 70.7 cm³/mol. The Morgan fingerprint density at radius 3 is 2.00 bits per heavy atom. The number of rotatable bonds is 5. The maximum atomic E-state index is 12.5. The zero-order valence-corrected chi connectivity index (χ0v) is 11.6. The third kappa shape index (κ3) is 4.21. The first-order valence-corrected chi connectivity index (χ1v) is 6.32. The molecule has 0 atom stereocenters. The van der Waals surface area contributed by atoms with Gasteiger partial charge in [0.2, 0.25) is 0 Å². The quantitative estimate of drug-likeness (QED) is 0.893. The fourth-order valence-corrected chi connectivity index (χ4v) is 1.90. The Labute approximate surface area is 112 Å². The van der Waals surface area contributed by atoms with E-state index in [1.165, 1.54) is 12.1 Å². The number of nitrogens with zero attached hydrogens (tertiary/aromatic N) is 1. The molecule has 0 aromatic heterocycles. The van der Waals surface area contributed by atoms with Crippen molar-refractivity contribution in [3.8, 4) is 0 Å². The molecule has 2 N–H and O–H groups in total. The molecule has 1 rings (SSSR count). The van der Waals surface area contributed by atoms with Crippen molar-refractivity contribution in [3.63, 3.8) is 0 Å². The molecule has 0 amide bonds. The van der Waals surface area contributed by atoms with Crippen molar-refractivity contribution in [2.75, 3.05) is 13.1 Å². The van der Waals surface area contributed by atoms with Gasteiger partial charge >= 0.3 is 6.18 Å². The molecule has 19 heavy (non-hydrogen) atoms. The smallest absolute Gasteiger partial charge is 0.329 e. The van der Waals surface area contributed by atoms with E-state index >= 15 is 0 Å². The molecular formula is C14H21F3N2. The Hall–Kier alpha value is -1.07. The summed E-state index contributed by atoms with van der Waals surface area (Å²) in [4.78, 5) is 2.15. The van der Waals surface area contributed by atoms with Crippen LogP contribution < -0.4 is 5.73 Å². The van der Waals surface area contributed by atoms with Crippen molar-refractivity contribution in [2.45, 2.75) is 39.0 Å². The second-order valence-electron chi connectivity index (χ2n) is 5.23. The Balaban J connectivity index is 2.82. The molecular weight excluding hydrogens is 253 g/mol. The lowest BCUT2D eigenvalue weighted by Crippen LogP contribution is -2.48. The van der Waals surface area contributed by atoms with Crippen LogP contribution in [0.15, 0.2) is 24.3 Å². The molecule has 0 aliphatic heterocycles. The maximum absolute atomic E-state index is 12.5. The number of halogens is 3. The summed E-state index contributed by atoms with van der Waals surface area (Å²) in [5, 5.41) is 0. The fourth-order valence-electron chi connectivity index (χ4n) is 1.90. The second kappa shape index (κ2) is 5.92. The van der Waals surface area contributed by atoms with E-state index in [4.69, 9.17) is 5.73 Å². The van der Waals surface area contributed by atoms with Crippen molar-refractivity contribution >= 4 is 0 Å². The minimum atomic E-state index is -4.28. The molecule has 0 aliphatic carbocycles. The Morgan fingerprint density at radius 2 is 1.63 bits per heavy atom. The first-order valence-electron chi connectivity index (χ1n) is 6.32. The topological polar surface area (TPSA) is 29.3 Å². The van der Waals surface area contributed by atoms with Crippen molar-refractivity contribution in [1.29, 1.82) is 0 Å². The summed E-state index contributed by atoms with van der Waals surface area (Å²) in [6.45, 7) is 7.97. The zero-order valence-electron chi connectivity index (χ0n) is 11.6. The molecule has 0 heterocycles. The van der Waals surface area contributed by atoms with Crippen molar-refractivity contribution in [2.24, 2.45) is 5.73 Å². The van der Waals surface area contributed by atoms with Gasteiger partial charge in [-0.1, -0.05) is 19.1 Å². The lowest BCUT2D eigenvalue weighted by molar-refractivity contribution is -0.137. The van der Waals surface area contributed by atoms with Crippen LogP contribution in [-0.4, -0.2) is 23.5 Å². The monoisotopic (exact) mass is 274 g/mol. The Bertz CT molecular complexity index is 396. The first-order chi connectivity index (χ1) is 8.70. The molecule has 0 spiro atoms. The lowest BCUT2D eigenvalue weighted by atomic mass is 10.0. The SMILES string of the molecule is CCN(Cc1ccc(C(F)(F)F)cc1)C(C)(C)CN. The molecule has 1 aromatic carbocycles. The molecule has 0 fully saturated rings. The van der Waals surface area contributed by atoms with Crippen LogP contribution in [0.25, 0.3) is 0 Å². The summed E-state index contributed by atoms with van der Waals surface area (Å²) in [6, 6.07) is 5.30. The highest BCUT2D eigenvalue weighted by atomic mass is 19.4. The highest BCUT2D eigenvalue weighted by molar-refractivity contribution is 5.24. The minimum Gasteiger partial charge on any atom is -0.329 e. The summed E-state index contributed by atoms with van der Waals surface area (Å²) in [7, 11) is 0. The summed E-state index contributed by atoms with van der Waals surface area (Å²) in [5.41, 5.74) is 5.80. The summed E-state index contributed by atoms with van der Waals surface area (Å²) in [6.07, 6.45) is -4.28. The first kappa shape index (κ1) is 16.0. The van der Waals surface area contributed by atoms with E-state index in [0.29, 0.717) is 13.1 Å². The van der Waals surface area contributed by atoms with Gasteiger partial charge in [-0.25, -0.2) is 0 Å². The Kier molecular flexibility index (Phi) is 4.98. The van der Waals surface area contributed by atoms with Gasteiger partial charge in [-0.3, -0.25) is 4.90 Å². The van der Waals surface area contributed by atoms with E-state index in [1.54, 1.807) is 0 Å². The molecule has 2 nitrogen and oxygen atoms in total. The lowest BCUT2D eigenvalue weighted by Gasteiger charge is -2.37. The Morgan fingerprint density at radius 1 is 1.11 bits per heavy atom.